The molecule has 1 N–H and O–H groups in total. The van der Waals surface area contributed by atoms with E-state index in [-0.39, 0.29) is 22.6 Å². The zero-order valence-electron chi connectivity index (χ0n) is 16.8. The third-order valence-electron chi connectivity index (χ3n) is 4.03. The zero-order valence-corrected chi connectivity index (χ0v) is 17.6. The van der Waals surface area contributed by atoms with Crippen LogP contribution in [-0.4, -0.2) is 37.4 Å². The van der Waals surface area contributed by atoms with E-state index in [1.54, 1.807) is 4.68 Å². The number of hydrogen-bond donors (Lipinski definition) is 1. The summed E-state index contributed by atoms with van der Waals surface area (Å²) in [5, 5.41) is 15.7. The van der Waals surface area contributed by atoms with Gasteiger partial charge in [0, 0.05) is 5.54 Å². The summed E-state index contributed by atoms with van der Waals surface area (Å²) in [6.07, 6.45) is 0.899. The van der Waals surface area contributed by atoms with Crippen LogP contribution >= 0.6 is 11.8 Å². The molecule has 7 heteroatoms. The summed E-state index contributed by atoms with van der Waals surface area (Å²) < 4.78 is 1.70. The smallest absolute Gasteiger partial charge is 0.230 e. The lowest BCUT2D eigenvalue weighted by Crippen LogP contribution is -2.46. The fourth-order valence-electron chi connectivity index (χ4n) is 3.30. The van der Waals surface area contributed by atoms with E-state index < -0.39 is 0 Å². The Kier molecular flexibility index (Phi) is 6.11. The third kappa shape index (κ3) is 5.56. The van der Waals surface area contributed by atoms with Gasteiger partial charge in [-0.1, -0.05) is 44.7 Å². The summed E-state index contributed by atoms with van der Waals surface area (Å²) in [5.74, 6) is 0.262. The van der Waals surface area contributed by atoms with E-state index >= 15 is 0 Å². The van der Waals surface area contributed by atoms with E-state index in [1.165, 1.54) is 17.3 Å². The molecule has 2 rings (SSSR count). The Hall–Kier alpha value is -1.89. The van der Waals surface area contributed by atoms with Crippen LogP contribution in [0.15, 0.2) is 23.4 Å². The standard InChI is InChI=1S/C19H29N5OS/c1-13-9-8-10-15(14(13)2)24-17(21-22-23-24)26-11-16(25)20-19(6,7)12-18(3,4)5/h8-10H,11-12H2,1-7H3,(H,20,25). The summed E-state index contributed by atoms with van der Waals surface area (Å²) in [6.45, 7) is 14.7. The molecule has 1 aromatic carbocycles. The highest BCUT2D eigenvalue weighted by Crippen LogP contribution is 2.27. The van der Waals surface area contributed by atoms with Crippen LogP contribution in [0.4, 0.5) is 0 Å². The van der Waals surface area contributed by atoms with Crippen LogP contribution in [0.3, 0.4) is 0 Å². The van der Waals surface area contributed by atoms with Crippen LogP contribution in [0, 0.1) is 19.3 Å². The molecule has 0 fully saturated rings. The molecule has 0 aliphatic rings. The minimum atomic E-state index is -0.255. The number of nitrogens with zero attached hydrogens (tertiary/aromatic N) is 4. The molecule has 0 atom stereocenters. The Morgan fingerprint density at radius 2 is 1.88 bits per heavy atom. The second-order valence-corrected chi connectivity index (χ2v) is 9.49. The largest absolute Gasteiger partial charge is 0.350 e. The number of rotatable bonds is 6. The number of aryl methyl sites for hydroxylation is 1. The van der Waals surface area contributed by atoms with Crippen LogP contribution in [-0.2, 0) is 4.79 Å². The molecule has 1 amide bonds. The lowest BCUT2D eigenvalue weighted by atomic mass is 9.82. The average Bonchev–Trinajstić information content (AvgIpc) is 2.93. The number of carbonyl (C=O) groups excluding carboxylic acids is 1. The van der Waals surface area contributed by atoms with Crippen molar-refractivity contribution in [1.82, 2.24) is 25.5 Å². The van der Waals surface area contributed by atoms with E-state index in [9.17, 15) is 4.79 Å². The molecule has 0 unspecified atom stereocenters. The SMILES string of the molecule is Cc1cccc(-n2nnnc2SCC(=O)NC(C)(C)CC(C)(C)C)c1C. The predicted octanol–water partition coefficient (Wildman–Crippen LogP) is 3.70. The number of hydrogen-bond acceptors (Lipinski definition) is 5. The van der Waals surface area contributed by atoms with Crippen LogP contribution < -0.4 is 5.32 Å². The highest BCUT2D eigenvalue weighted by Gasteiger charge is 2.27. The van der Waals surface area contributed by atoms with Crippen molar-refractivity contribution in [2.75, 3.05) is 5.75 Å². The van der Waals surface area contributed by atoms with Crippen LogP contribution in [0.2, 0.25) is 0 Å². The molecular weight excluding hydrogens is 346 g/mol. The molecule has 0 aliphatic heterocycles. The summed E-state index contributed by atoms with van der Waals surface area (Å²) in [7, 11) is 0. The number of nitrogens with one attached hydrogen (secondary N) is 1. The van der Waals surface area contributed by atoms with E-state index in [0.29, 0.717) is 5.16 Å². The Morgan fingerprint density at radius 1 is 1.19 bits per heavy atom. The summed E-state index contributed by atoms with van der Waals surface area (Å²) in [6, 6.07) is 6.02. The minimum absolute atomic E-state index is 0.0141. The van der Waals surface area contributed by atoms with Gasteiger partial charge in [-0.3, -0.25) is 4.79 Å². The number of amides is 1. The summed E-state index contributed by atoms with van der Waals surface area (Å²) in [5.41, 5.74) is 3.13. The van der Waals surface area contributed by atoms with Gasteiger partial charge < -0.3 is 5.32 Å². The lowest BCUT2D eigenvalue weighted by molar-refractivity contribution is -0.120. The molecule has 0 aliphatic carbocycles. The maximum atomic E-state index is 12.4. The molecule has 142 valence electrons. The first-order valence-corrected chi connectivity index (χ1v) is 9.76. The monoisotopic (exact) mass is 375 g/mol. The van der Waals surface area contributed by atoms with Crippen molar-refractivity contribution in [2.45, 2.75) is 65.6 Å². The van der Waals surface area contributed by atoms with E-state index in [2.05, 4.69) is 68.5 Å². The van der Waals surface area contributed by atoms with E-state index in [0.717, 1.165) is 17.7 Å². The van der Waals surface area contributed by atoms with Gasteiger partial charge >= 0.3 is 0 Å². The molecule has 0 radical (unpaired) electrons. The van der Waals surface area contributed by atoms with Gasteiger partial charge in [0.25, 0.3) is 0 Å². The average molecular weight is 376 g/mol. The Morgan fingerprint density at radius 3 is 2.54 bits per heavy atom. The van der Waals surface area contributed by atoms with Crippen molar-refractivity contribution < 1.29 is 4.79 Å². The summed E-state index contributed by atoms with van der Waals surface area (Å²) >= 11 is 1.34. The van der Waals surface area contributed by atoms with Gasteiger partial charge in [0.05, 0.1) is 11.4 Å². The first kappa shape index (κ1) is 20.4. The van der Waals surface area contributed by atoms with Crippen molar-refractivity contribution in [3.8, 4) is 5.69 Å². The number of tetrazole rings is 1. The molecule has 6 nitrogen and oxygen atoms in total. The maximum absolute atomic E-state index is 12.4. The maximum Gasteiger partial charge on any atom is 0.230 e. The molecule has 0 saturated heterocycles. The topological polar surface area (TPSA) is 72.7 Å². The highest BCUT2D eigenvalue weighted by atomic mass is 32.2. The van der Waals surface area contributed by atoms with Gasteiger partial charge in [0.15, 0.2) is 0 Å². The molecule has 0 saturated carbocycles. The summed E-state index contributed by atoms with van der Waals surface area (Å²) in [4.78, 5) is 12.4. The van der Waals surface area contributed by atoms with E-state index in [4.69, 9.17) is 0 Å². The number of carbonyl (C=O) groups is 1. The van der Waals surface area contributed by atoms with Crippen molar-refractivity contribution >= 4 is 17.7 Å². The van der Waals surface area contributed by atoms with Gasteiger partial charge in [-0.25, -0.2) is 0 Å². The normalized spacial score (nSPS) is 12.3. The van der Waals surface area contributed by atoms with Crippen molar-refractivity contribution in [3.63, 3.8) is 0 Å². The second kappa shape index (κ2) is 7.78. The predicted molar refractivity (Wildman–Crippen MR) is 106 cm³/mol. The van der Waals surface area contributed by atoms with Crippen molar-refractivity contribution in [1.29, 1.82) is 0 Å². The van der Waals surface area contributed by atoms with Gasteiger partial charge in [0.2, 0.25) is 11.1 Å². The minimum Gasteiger partial charge on any atom is -0.350 e. The van der Waals surface area contributed by atoms with Crippen LogP contribution in [0.5, 0.6) is 0 Å². The van der Waals surface area contributed by atoms with Crippen LogP contribution in [0.25, 0.3) is 5.69 Å². The van der Waals surface area contributed by atoms with Crippen molar-refractivity contribution in [2.24, 2.45) is 5.41 Å². The molecule has 26 heavy (non-hydrogen) atoms. The Balaban J connectivity index is 2.04. The van der Waals surface area contributed by atoms with Crippen LogP contribution in [0.1, 0.15) is 52.2 Å². The number of aromatic nitrogens is 4. The van der Waals surface area contributed by atoms with Gasteiger partial charge in [-0.2, -0.15) is 4.68 Å². The van der Waals surface area contributed by atoms with Gasteiger partial charge in [-0.05, 0) is 67.2 Å². The van der Waals surface area contributed by atoms with Gasteiger partial charge in [-0.15, -0.1) is 5.10 Å². The zero-order chi connectivity index (χ0) is 19.5. The number of benzene rings is 1. The third-order valence-corrected chi connectivity index (χ3v) is 4.95. The van der Waals surface area contributed by atoms with Gasteiger partial charge in [0.1, 0.15) is 0 Å². The quantitative estimate of drug-likeness (QED) is 0.779. The Bertz CT molecular complexity index is 776. The lowest BCUT2D eigenvalue weighted by Gasteiger charge is -2.33. The second-order valence-electron chi connectivity index (χ2n) is 8.55. The van der Waals surface area contributed by atoms with E-state index in [1.807, 2.05) is 19.1 Å². The molecule has 0 bridgehead atoms. The molecule has 1 aromatic heterocycles. The molecule has 2 aromatic rings. The first-order chi connectivity index (χ1) is 12.0. The molecule has 0 spiro atoms. The first-order valence-electron chi connectivity index (χ1n) is 8.77. The molecular formula is C19H29N5OS. The fourth-order valence-corrected chi connectivity index (χ4v) is 3.98. The Labute approximate surface area is 160 Å². The fraction of sp³-hybridized carbons (Fsp3) is 0.579. The number of thioether (sulfide) groups is 1. The molecule has 1 heterocycles. The van der Waals surface area contributed by atoms with Crippen molar-refractivity contribution in [3.05, 3.63) is 29.3 Å². The highest BCUT2D eigenvalue weighted by molar-refractivity contribution is 7.99.